The molecular weight excluding hydrogens is 296 g/mol. The van der Waals surface area contributed by atoms with Crippen LogP contribution in [0.5, 0.6) is 5.75 Å². The maximum absolute atomic E-state index is 11.9. The molecule has 0 bridgehead atoms. The second-order valence-corrected chi connectivity index (χ2v) is 6.44. The van der Waals surface area contributed by atoms with Crippen LogP contribution < -0.4 is 4.74 Å². The summed E-state index contributed by atoms with van der Waals surface area (Å²) in [6.45, 7) is 4.37. The lowest BCUT2D eigenvalue weighted by atomic mass is 9.81. The smallest absolute Gasteiger partial charge is 0.137 e. The molecule has 1 N–H and O–H groups in total. The molecule has 1 aliphatic carbocycles. The Morgan fingerprint density at radius 2 is 1.58 bits per heavy atom. The Morgan fingerprint density at radius 3 is 2.21 bits per heavy atom. The third-order valence-electron chi connectivity index (χ3n) is 4.95. The Hall–Kier alpha value is -2.06. The minimum atomic E-state index is -1.02. The highest BCUT2D eigenvalue weighted by Gasteiger charge is 2.43. The number of methoxy groups -OCH3 is 1. The van der Waals surface area contributed by atoms with Crippen LogP contribution in [0.4, 0.5) is 0 Å². The van der Waals surface area contributed by atoms with Gasteiger partial charge in [0.25, 0.3) is 0 Å². The van der Waals surface area contributed by atoms with Gasteiger partial charge in [0.1, 0.15) is 11.4 Å². The van der Waals surface area contributed by atoms with Crippen LogP contribution in [-0.4, -0.2) is 12.2 Å². The van der Waals surface area contributed by atoms with Crippen molar-refractivity contribution in [1.82, 2.24) is 0 Å². The monoisotopic (exact) mass is 322 g/mol. The molecule has 0 saturated heterocycles. The molecule has 24 heavy (non-hydrogen) atoms. The Balaban J connectivity index is 2.21. The average Bonchev–Trinajstić information content (AvgIpc) is 2.86. The van der Waals surface area contributed by atoms with E-state index in [1.54, 1.807) is 7.11 Å². The van der Waals surface area contributed by atoms with E-state index in [9.17, 15) is 5.11 Å². The maximum atomic E-state index is 11.9. The van der Waals surface area contributed by atoms with E-state index < -0.39 is 5.60 Å². The van der Waals surface area contributed by atoms with Gasteiger partial charge in [-0.1, -0.05) is 63.1 Å². The normalized spacial score (nSPS) is 19.5. The SMILES string of the molecule is CCCC1=C(CCC)C(O)(c2ccc(OC)cc2)c2ccccc21. The summed E-state index contributed by atoms with van der Waals surface area (Å²) in [5.74, 6) is 0.809. The maximum Gasteiger partial charge on any atom is 0.137 e. The van der Waals surface area contributed by atoms with Crippen LogP contribution in [0.15, 0.2) is 54.1 Å². The minimum absolute atomic E-state index is 0.809. The van der Waals surface area contributed by atoms with Crippen LogP contribution >= 0.6 is 0 Å². The van der Waals surface area contributed by atoms with Gasteiger partial charge in [-0.05, 0) is 52.8 Å². The molecule has 0 fully saturated rings. The highest BCUT2D eigenvalue weighted by molar-refractivity contribution is 5.81. The van der Waals surface area contributed by atoms with E-state index in [-0.39, 0.29) is 0 Å². The number of fused-ring (bicyclic) bond motifs is 1. The van der Waals surface area contributed by atoms with E-state index in [4.69, 9.17) is 4.74 Å². The van der Waals surface area contributed by atoms with Crippen molar-refractivity contribution in [2.24, 2.45) is 0 Å². The van der Waals surface area contributed by atoms with Crippen LogP contribution in [0.2, 0.25) is 0 Å². The summed E-state index contributed by atoms with van der Waals surface area (Å²) in [6, 6.07) is 16.1. The number of aliphatic hydroxyl groups is 1. The van der Waals surface area contributed by atoms with Gasteiger partial charge in [0, 0.05) is 0 Å². The fraction of sp³-hybridized carbons (Fsp3) is 0.364. The molecule has 2 aromatic rings. The summed E-state index contributed by atoms with van der Waals surface area (Å²) in [5, 5.41) is 11.9. The molecule has 2 nitrogen and oxygen atoms in total. The van der Waals surface area contributed by atoms with Crippen molar-refractivity contribution in [3.63, 3.8) is 0 Å². The van der Waals surface area contributed by atoms with Crippen molar-refractivity contribution >= 4 is 5.57 Å². The summed E-state index contributed by atoms with van der Waals surface area (Å²) in [4.78, 5) is 0. The first-order chi connectivity index (χ1) is 11.7. The molecule has 0 amide bonds. The van der Waals surface area contributed by atoms with Gasteiger partial charge in [-0.3, -0.25) is 0 Å². The van der Waals surface area contributed by atoms with Crippen LogP contribution in [0.3, 0.4) is 0 Å². The van der Waals surface area contributed by atoms with Crippen LogP contribution in [0.25, 0.3) is 5.57 Å². The van der Waals surface area contributed by atoms with Gasteiger partial charge in [-0.2, -0.15) is 0 Å². The fourth-order valence-electron chi connectivity index (χ4n) is 3.88. The van der Waals surface area contributed by atoms with Crippen molar-refractivity contribution in [2.75, 3.05) is 7.11 Å². The molecule has 3 rings (SSSR count). The van der Waals surface area contributed by atoms with E-state index in [0.29, 0.717) is 0 Å². The lowest BCUT2D eigenvalue weighted by Gasteiger charge is -2.29. The third-order valence-corrected chi connectivity index (χ3v) is 4.95. The molecule has 0 radical (unpaired) electrons. The molecule has 0 aliphatic heterocycles. The summed E-state index contributed by atoms with van der Waals surface area (Å²) in [5.41, 5.74) is 4.61. The molecule has 0 spiro atoms. The van der Waals surface area contributed by atoms with Crippen LogP contribution in [0.1, 0.15) is 56.2 Å². The predicted molar refractivity (Wildman–Crippen MR) is 99.2 cm³/mol. The standard InChI is InChI=1S/C22H26O2/c1-4-8-18-19-10-6-7-11-21(19)22(23,20(18)9-5-2)16-12-14-17(24-3)15-13-16/h6-7,10-15,23H,4-5,8-9H2,1-3H3. The molecule has 1 atom stereocenters. The highest BCUT2D eigenvalue weighted by Crippen LogP contribution is 2.51. The molecule has 126 valence electrons. The number of hydrogen-bond donors (Lipinski definition) is 1. The number of ether oxygens (including phenoxy) is 1. The molecule has 2 heteroatoms. The molecule has 0 saturated carbocycles. The molecule has 0 aromatic heterocycles. The third kappa shape index (κ3) is 2.55. The minimum Gasteiger partial charge on any atom is -0.497 e. The van der Waals surface area contributed by atoms with Crippen molar-refractivity contribution in [1.29, 1.82) is 0 Å². The first-order valence-corrected chi connectivity index (χ1v) is 8.86. The van der Waals surface area contributed by atoms with Crippen molar-refractivity contribution in [3.8, 4) is 5.75 Å². The first-order valence-electron chi connectivity index (χ1n) is 8.86. The summed E-state index contributed by atoms with van der Waals surface area (Å²) in [6.07, 6.45) is 4.02. The van der Waals surface area contributed by atoms with Gasteiger partial charge in [0.2, 0.25) is 0 Å². The van der Waals surface area contributed by atoms with Crippen LogP contribution in [-0.2, 0) is 5.60 Å². The summed E-state index contributed by atoms with van der Waals surface area (Å²) in [7, 11) is 1.66. The summed E-state index contributed by atoms with van der Waals surface area (Å²) < 4.78 is 5.27. The molecular formula is C22H26O2. The number of hydrogen-bond acceptors (Lipinski definition) is 2. The van der Waals surface area contributed by atoms with E-state index >= 15 is 0 Å². The highest BCUT2D eigenvalue weighted by atomic mass is 16.5. The Kier molecular flexibility index (Phi) is 4.77. The van der Waals surface area contributed by atoms with Crippen molar-refractivity contribution < 1.29 is 9.84 Å². The van der Waals surface area contributed by atoms with Gasteiger partial charge in [-0.15, -0.1) is 0 Å². The predicted octanol–water partition coefficient (Wildman–Crippen LogP) is 5.30. The van der Waals surface area contributed by atoms with Gasteiger partial charge in [0.05, 0.1) is 7.11 Å². The van der Waals surface area contributed by atoms with E-state index in [0.717, 1.165) is 42.6 Å². The van der Waals surface area contributed by atoms with Crippen molar-refractivity contribution in [3.05, 3.63) is 70.8 Å². The molecule has 2 aromatic carbocycles. The lowest BCUT2D eigenvalue weighted by Crippen LogP contribution is -2.27. The van der Waals surface area contributed by atoms with Gasteiger partial charge in [0.15, 0.2) is 0 Å². The van der Waals surface area contributed by atoms with E-state index in [1.807, 2.05) is 30.3 Å². The lowest BCUT2D eigenvalue weighted by molar-refractivity contribution is 0.121. The second-order valence-electron chi connectivity index (χ2n) is 6.44. The van der Waals surface area contributed by atoms with E-state index in [2.05, 4.69) is 32.0 Å². The van der Waals surface area contributed by atoms with Crippen molar-refractivity contribution in [2.45, 2.75) is 45.1 Å². The average molecular weight is 322 g/mol. The van der Waals surface area contributed by atoms with Gasteiger partial charge >= 0.3 is 0 Å². The topological polar surface area (TPSA) is 29.5 Å². The largest absolute Gasteiger partial charge is 0.497 e. The molecule has 1 aliphatic rings. The van der Waals surface area contributed by atoms with Gasteiger partial charge in [-0.25, -0.2) is 0 Å². The van der Waals surface area contributed by atoms with Crippen LogP contribution in [0, 0.1) is 0 Å². The number of rotatable bonds is 6. The second kappa shape index (κ2) is 6.82. The Morgan fingerprint density at radius 1 is 0.917 bits per heavy atom. The van der Waals surface area contributed by atoms with E-state index in [1.165, 1.54) is 16.7 Å². The Bertz CT molecular complexity index is 743. The number of allylic oxidation sites excluding steroid dienone is 1. The first kappa shape index (κ1) is 16.8. The molecule has 1 unspecified atom stereocenters. The Labute approximate surface area is 144 Å². The fourth-order valence-corrected chi connectivity index (χ4v) is 3.88. The zero-order chi connectivity index (χ0) is 17.2. The molecule has 0 heterocycles. The quantitative estimate of drug-likeness (QED) is 0.782. The number of benzene rings is 2. The summed E-state index contributed by atoms with van der Waals surface area (Å²) >= 11 is 0. The van der Waals surface area contributed by atoms with Gasteiger partial charge < -0.3 is 9.84 Å². The zero-order valence-corrected chi connectivity index (χ0v) is 14.8. The zero-order valence-electron chi connectivity index (χ0n) is 14.8.